The molecule has 0 radical (unpaired) electrons. The fraction of sp³-hybridized carbons (Fsp3) is 0.357. The van der Waals surface area contributed by atoms with E-state index in [0.29, 0.717) is 18.1 Å². The quantitative estimate of drug-likeness (QED) is 0.862. The summed E-state index contributed by atoms with van der Waals surface area (Å²) in [7, 11) is 0. The minimum atomic E-state index is -0.390. The molecule has 1 amide bonds. The Morgan fingerprint density at radius 3 is 3.24 bits per heavy atom. The summed E-state index contributed by atoms with van der Waals surface area (Å²) in [5, 5.41) is 3.49. The molecular formula is C14H15N3O3S. The zero-order chi connectivity index (χ0) is 14.8. The van der Waals surface area contributed by atoms with Gasteiger partial charge in [0.15, 0.2) is 5.16 Å². The van der Waals surface area contributed by atoms with Crippen LogP contribution in [-0.2, 0) is 13.0 Å². The van der Waals surface area contributed by atoms with E-state index in [-0.39, 0.29) is 17.2 Å². The van der Waals surface area contributed by atoms with E-state index < -0.39 is 5.91 Å². The normalized spacial score (nSPS) is 14.7. The van der Waals surface area contributed by atoms with Crippen LogP contribution < -0.4 is 10.9 Å². The summed E-state index contributed by atoms with van der Waals surface area (Å²) in [6, 6.07) is 3.53. The number of thioether (sulfide) groups is 1. The zero-order valence-electron chi connectivity index (χ0n) is 11.5. The number of nitrogens with one attached hydrogen (secondary N) is 1. The van der Waals surface area contributed by atoms with Gasteiger partial charge in [-0.15, -0.1) is 0 Å². The molecule has 0 aromatic carbocycles. The molecule has 2 aromatic heterocycles. The highest BCUT2D eigenvalue weighted by Crippen LogP contribution is 2.20. The lowest BCUT2D eigenvalue weighted by Gasteiger charge is -2.12. The molecule has 1 aliphatic heterocycles. The molecule has 21 heavy (non-hydrogen) atoms. The van der Waals surface area contributed by atoms with Crippen molar-refractivity contribution in [3.63, 3.8) is 0 Å². The lowest BCUT2D eigenvalue weighted by molar-refractivity contribution is 0.0936. The average Bonchev–Trinajstić information content (AvgIpc) is 3.09. The maximum Gasteiger partial charge on any atom is 0.267 e. The topological polar surface area (TPSA) is 77.1 Å². The van der Waals surface area contributed by atoms with Crippen molar-refractivity contribution in [2.45, 2.75) is 31.1 Å². The van der Waals surface area contributed by atoms with Crippen LogP contribution >= 0.6 is 11.8 Å². The number of fused-ring (bicyclic) bond motifs is 1. The van der Waals surface area contributed by atoms with Crippen molar-refractivity contribution in [1.29, 1.82) is 0 Å². The molecule has 1 aliphatic rings. The van der Waals surface area contributed by atoms with Gasteiger partial charge in [0.05, 0.1) is 6.26 Å². The van der Waals surface area contributed by atoms with Crippen molar-refractivity contribution >= 4 is 17.7 Å². The van der Waals surface area contributed by atoms with Gasteiger partial charge >= 0.3 is 0 Å². The van der Waals surface area contributed by atoms with Crippen molar-refractivity contribution in [3.05, 3.63) is 46.3 Å². The summed E-state index contributed by atoms with van der Waals surface area (Å²) in [6.45, 7) is 2.48. The molecule has 0 saturated carbocycles. The molecular weight excluding hydrogens is 290 g/mol. The minimum absolute atomic E-state index is 0.0903. The fourth-order valence-corrected chi connectivity index (χ4v) is 3.17. The van der Waals surface area contributed by atoms with Crippen LogP contribution in [0.15, 0.2) is 39.0 Å². The van der Waals surface area contributed by atoms with E-state index in [1.807, 2.05) is 13.0 Å². The number of carbonyl (C=O) groups is 1. The number of aromatic nitrogens is 2. The molecule has 7 heteroatoms. The second-order valence-electron chi connectivity index (χ2n) is 4.92. The SMILES string of the molecule is CC(Cc1ccco1)NC(=O)c1cnc2n(c1=O)CCS2. The molecule has 0 fully saturated rings. The van der Waals surface area contributed by atoms with Crippen LogP contribution in [0.25, 0.3) is 0 Å². The molecule has 0 bridgehead atoms. The molecule has 0 spiro atoms. The van der Waals surface area contributed by atoms with Gasteiger partial charge in [-0.25, -0.2) is 4.98 Å². The summed E-state index contributed by atoms with van der Waals surface area (Å²) < 4.78 is 6.80. The van der Waals surface area contributed by atoms with Crippen LogP contribution in [-0.4, -0.2) is 27.3 Å². The van der Waals surface area contributed by atoms with Crippen LogP contribution in [0.2, 0.25) is 0 Å². The second-order valence-corrected chi connectivity index (χ2v) is 5.98. The molecule has 1 unspecified atom stereocenters. The van der Waals surface area contributed by atoms with Crippen molar-refractivity contribution in [2.75, 3.05) is 5.75 Å². The Morgan fingerprint density at radius 1 is 1.62 bits per heavy atom. The molecule has 110 valence electrons. The highest BCUT2D eigenvalue weighted by Gasteiger charge is 2.21. The van der Waals surface area contributed by atoms with E-state index in [1.165, 1.54) is 18.0 Å². The monoisotopic (exact) mass is 305 g/mol. The van der Waals surface area contributed by atoms with Gasteiger partial charge in [-0.1, -0.05) is 11.8 Å². The first-order chi connectivity index (χ1) is 10.1. The summed E-state index contributed by atoms with van der Waals surface area (Å²) in [5.41, 5.74) is -0.180. The molecule has 1 atom stereocenters. The fourth-order valence-electron chi connectivity index (χ4n) is 2.26. The summed E-state index contributed by atoms with van der Waals surface area (Å²) >= 11 is 1.53. The molecule has 3 heterocycles. The Kier molecular flexibility index (Phi) is 3.83. The minimum Gasteiger partial charge on any atom is -0.469 e. The third kappa shape index (κ3) is 2.87. The lowest BCUT2D eigenvalue weighted by atomic mass is 10.2. The predicted octanol–water partition coefficient (Wildman–Crippen LogP) is 1.30. The van der Waals surface area contributed by atoms with Crippen LogP contribution in [0.5, 0.6) is 0 Å². The Labute approximate surface area is 125 Å². The smallest absolute Gasteiger partial charge is 0.267 e. The average molecular weight is 305 g/mol. The number of nitrogens with zero attached hydrogens (tertiary/aromatic N) is 2. The highest BCUT2D eigenvalue weighted by atomic mass is 32.2. The van der Waals surface area contributed by atoms with Gasteiger partial charge in [-0.05, 0) is 19.1 Å². The zero-order valence-corrected chi connectivity index (χ0v) is 12.4. The van der Waals surface area contributed by atoms with Gasteiger partial charge in [0.25, 0.3) is 11.5 Å². The number of rotatable bonds is 4. The first-order valence-electron chi connectivity index (χ1n) is 6.71. The van der Waals surface area contributed by atoms with E-state index in [0.717, 1.165) is 11.5 Å². The van der Waals surface area contributed by atoms with Crippen LogP contribution in [0.1, 0.15) is 23.0 Å². The van der Waals surface area contributed by atoms with Gasteiger partial charge in [-0.2, -0.15) is 0 Å². The number of furan rings is 1. The second kappa shape index (κ2) is 5.77. The van der Waals surface area contributed by atoms with Gasteiger partial charge < -0.3 is 9.73 Å². The molecule has 6 nitrogen and oxygen atoms in total. The number of hydrogen-bond donors (Lipinski definition) is 1. The van der Waals surface area contributed by atoms with Crippen molar-refractivity contribution in [1.82, 2.24) is 14.9 Å². The lowest BCUT2D eigenvalue weighted by Crippen LogP contribution is -2.38. The molecule has 0 aliphatic carbocycles. The molecule has 2 aromatic rings. The summed E-state index contributed by atoms with van der Waals surface area (Å²) in [6.07, 6.45) is 3.54. The van der Waals surface area contributed by atoms with Crippen LogP contribution in [0, 0.1) is 0 Å². The van der Waals surface area contributed by atoms with Crippen molar-refractivity contribution in [3.8, 4) is 0 Å². The first-order valence-corrected chi connectivity index (χ1v) is 7.69. The van der Waals surface area contributed by atoms with E-state index in [9.17, 15) is 9.59 Å². The Bertz CT molecular complexity index is 709. The summed E-state index contributed by atoms with van der Waals surface area (Å²) in [4.78, 5) is 28.6. The van der Waals surface area contributed by atoms with Crippen molar-refractivity contribution < 1.29 is 9.21 Å². The highest BCUT2D eigenvalue weighted by molar-refractivity contribution is 7.99. The van der Waals surface area contributed by atoms with Crippen LogP contribution in [0.4, 0.5) is 0 Å². The van der Waals surface area contributed by atoms with Gasteiger partial charge in [-0.3, -0.25) is 14.2 Å². The Balaban J connectivity index is 1.72. The van der Waals surface area contributed by atoms with Gasteiger partial charge in [0.1, 0.15) is 11.3 Å². The summed E-state index contributed by atoms with van der Waals surface area (Å²) in [5.74, 6) is 1.23. The number of hydrogen-bond acceptors (Lipinski definition) is 5. The Morgan fingerprint density at radius 2 is 2.48 bits per heavy atom. The van der Waals surface area contributed by atoms with E-state index in [4.69, 9.17) is 4.42 Å². The van der Waals surface area contributed by atoms with E-state index in [1.54, 1.807) is 16.9 Å². The maximum absolute atomic E-state index is 12.2. The molecule has 3 rings (SSSR count). The largest absolute Gasteiger partial charge is 0.469 e. The third-order valence-corrected chi connectivity index (χ3v) is 4.24. The molecule has 1 N–H and O–H groups in total. The van der Waals surface area contributed by atoms with E-state index >= 15 is 0 Å². The van der Waals surface area contributed by atoms with Gasteiger partial charge in [0.2, 0.25) is 0 Å². The third-order valence-electron chi connectivity index (χ3n) is 3.27. The number of carbonyl (C=O) groups excluding carboxylic acids is 1. The maximum atomic E-state index is 12.2. The first kappa shape index (κ1) is 13.9. The van der Waals surface area contributed by atoms with Crippen LogP contribution in [0.3, 0.4) is 0 Å². The van der Waals surface area contributed by atoms with Gasteiger partial charge in [0, 0.05) is 31.0 Å². The molecule has 0 saturated heterocycles. The van der Waals surface area contributed by atoms with E-state index in [2.05, 4.69) is 10.3 Å². The Hall–Kier alpha value is -2.02. The number of amides is 1. The predicted molar refractivity (Wildman–Crippen MR) is 78.6 cm³/mol. The standard InChI is InChI=1S/C14H15N3O3S/c1-9(7-10-3-2-5-20-10)16-12(18)11-8-15-14-17(13(11)19)4-6-21-14/h2-3,5,8-9H,4,6-7H2,1H3,(H,16,18). The van der Waals surface area contributed by atoms with Crippen molar-refractivity contribution in [2.24, 2.45) is 0 Å².